The third-order valence-electron chi connectivity index (χ3n) is 3.62. The Labute approximate surface area is 125 Å². The second-order valence-corrected chi connectivity index (χ2v) is 6.40. The minimum absolute atomic E-state index is 0.0804. The van der Waals surface area contributed by atoms with Gasteiger partial charge in [-0.2, -0.15) is 0 Å². The second kappa shape index (κ2) is 6.97. The van der Waals surface area contributed by atoms with Crippen molar-refractivity contribution < 1.29 is 4.74 Å². The summed E-state index contributed by atoms with van der Waals surface area (Å²) in [5.74, 6) is 1.09. The molecule has 0 N–H and O–H groups in total. The Morgan fingerprint density at radius 1 is 1.15 bits per heavy atom. The SMILES string of the molecule is C=C(CC)c1cc(CCC)c(OCC)c(C(C)(C)C)c1. The average Bonchev–Trinajstić information content (AvgIpc) is 2.38. The fraction of sp³-hybridized carbons (Fsp3) is 0.579. The van der Waals surface area contributed by atoms with E-state index in [1.165, 1.54) is 22.3 Å². The van der Waals surface area contributed by atoms with Gasteiger partial charge in [-0.15, -0.1) is 0 Å². The Hall–Kier alpha value is -1.24. The van der Waals surface area contributed by atoms with Gasteiger partial charge in [0.2, 0.25) is 0 Å². The van der Waals surface area contributed by atoms with Crippen LogP contribution in [0.4, 0.5) is 0 Å². The summed E-state index contributed by atoms with van der Waals surface area (Å²) in [5, 5.41) is 0. The molecule has 0 aliphatic heterocycles. The quantitative estimate of drug-likeness (QED) is 0.641. The molecule has 1 aromatic carbocycles. The zero-order valence-corrected chi connectivity index (χ0v) is 14.1. The normalized spacial score (nSPS) is 11.5. The van der Waals surface area contributed by atoms with E-state index >= 15 is 0 Å². The van der Waals surface area contributed by atoms with Crippen LogP contribution in [0.5, 0.6) is 5.75 Å². The minimum atomic E-state index is 0.0804. The lowest BCUT2D eigenvalue weighted by Crippen LogP contribution is -2.15. The first kappa shape index (κ1) is 16.8. The van der Waals surface area contributed by atoms with E-state index in [0.29, 0.717) is 6.61 Å². The molecule has 0 spiro atoms. The largest absolute Gasteiger partial charge is 0.493 e. The fourth-order valence-corrected chi connectivity index (χ4v) is 2.42. The van der Waals surface area contributed by atoms with Gasteiger partial charge in [-0.25, -0.2) is 0 Å². The first-order valence-electron chi connectivity index (χ1n) is 7.83. The van der Waals surface area contributed by atoms with Crippen LogP contribution < -0.4 is 4.74 Å². The Morgan fingerprint density at radius 2 is 1.80 bits per heavy atom. The lowest BCUT2D eigenvalue weighted by Gasteiger charge is -2.26. The number of allylic oxidation sites excluding steroid dienone is 1. The highest BCUT2D eigenvalue weighted by atomic mass is 16.5. The summed E-state index contributed by atoms with van der Waals surface area (Å²) in [6.45, 7) is 18.1. The molecule has 0 saturated heterocycles. The molecule has 20 heavy (non-hydrogen) atoms. The summed E-state index contributed by atoms with van der Waals surface area (Å²) < 4.78 is 5.99. The highest BCUT2D eigenvalue weighted by Gasteiger charge is 2.22. The van der Waals surface area contributed by atoms with E-state index < -0.39 is 0 Å². The third-order valence-corrected chi connectivity index (χ3v) is 3.62. The van der Waals surface area contributed by atoms with E-state index in [4.69, 9.17) is 4.74 Å². The highest BCUT2D eigenvalue weighted by Crippen LogP contribution is 2.37. The van der Waals surface area contributed by atoms with Gasteiger partial charge in [-0.1, -0.05) is 47.6 Å². The van der Waals surface area contributed by atoms with Crippen molar-refractivity contribution >= 4 is 5.57 Å². The summed E-state index contributed by atoms with van der Waals surface area (Å²) in [4.78, 5) is 0. The zero-order valence-electron chi connectivity index (χ0n) is 14.1. The van der Waals surface area contributed by atoms with E-state index in [0.717, 1.165) is 25.0 Å². The fourth-order valence-electron chi connectivity index (χ4n) is 2.42. The molecule has 0 unspecified atom stereocenters. The molecule has 0 saturated carbocycles. The van der Waals surface area contributed by atoms with E-state index in [-0.39, 0.29) is 5.41 Å². The number of hydrogen-bond acceptors (Lipinski definition) is 1. The summed E-state index contributed by atoms with van der Waals surface area (Å²) in [5.41, 5.74) is 5.18. The van der Waals surface area contributed by atoms with Crippen LogP contribution in [0, 0.1) is 0 Å². The summed E-state index contributed by atoms with van der Waals surface area (Å²) in [6.07, 6.45) is 3.18. The Balaban J connectivity index is 3.50. The molecule has 0 aliphatic carbocycles. The second-order valence-electron chi connectivity index (χ2n) is 6.40. The molecule has 0 radical (unpaired) electrons. The molecular formula is C19H30O. The molecule has 0 aliphatic rings. The molecule has 1 heteroatoms. The first-order chi connectivity index (χ1) is 9.35. The standard InChI is InChI=1S/C19H30O/c1-8-11-15-12-16(14(4)9-2)13-17(19(5,6)7)18(15)20-10-3/h12-13H,4,8-11H2,1-3,5-7H3. The van der Waals surface area contributed by atoms with Gasteiger partial charge < -0.3 is 4.74 Å². The van der Waals surface area contributed by atoms with Crippen molar-refractivity contribution in [3.63, 3.8) is 0 Å². The molecule has 0 heterocycles. The van der Waals surface area contributed by atoms with E-state index in [2.05, 4.69) is 60.3 Å². The van der Waals surface area contributed by atoms with Gasteiger partial charge >= 0.3 is 0 Å². The van der Waals surface area contributed by atoms with Gasteiger partial charge in [0, 0.05) is 5.56 Å². The summed E-state index contributed by atoms with van der Waals surface area (Å²) in [6, 6.07) is 4.55. The van der Waals surface area contributed by atoms with E-state index in [1.807, 2.05) is 0 Å². The molecule has 0 fully saturated rings. The van der Waals surface area contributed by atoms with Gasteiger partial charge in [0.15, 0.2) is 0 Å². The van der Waals surface area contributed by atoms with Gasteiger partial charge in [0.1, 0.15) is 5.75 Å². The smallest absolute Gasteiger partial charge is 0.126 e. The first-order valence-corrected chi connectivity index (χ1v) is 7.83. The minimum Gasteiger partial charge on any atom is -0.493 e. The van der Waals surface area contributed by atoms with Crippen LogP contribution in [0.25, 0.3) is 5.57 Å². The molecule has 0 amide bonds. The van der Waals surface area contributed by atoms with E-state index in [9.17, 15) is 0 Å². The molecule has 0 aromatic heterocycles. The lowest BCUT2D eigenvalue weighted by atomic mass is 9.82. The van der Waals surface area contributed by atoms with Gasteiger partial charge in [0.25, 0.3) is 0 Å². The molecule has 1 aromatic rings. The zero-order chi connectivity index (χ0) is 15.3. The summed E-state index contributed by atoms with van der Waals surface area (Å²) in [7, 11) is 0. The average molecular weight is 274 g/mol. The lowest BCUT2D eigenvalue weighted by molar-refractivity contribution is 0.326. The van der Waals surface area contributed by atoms with Crippen LogP contribution in [0.2, 0.25) is 0 Å². The molecule has 1 nitrogen and oxygen atoms in total. The number of rotatable bonds is 6. The van der Waals surface area contributed by atoms with Crippen LogP contribution in [0.15, 0.2) is 18.7 Å². The van der Waals surface area contributed by atoms with Crippen molar-refractivity contribution in [1.29, 1.82) is 0 Å². The van der Waals surface area contributed by atoms with Crippen molar-refractivity contribution in [1.82, 2.24) is 0 Å². The highest BCUT2D eigenvalue weighted by molar-refractivity contribution is 5.67. The van der Waals surface area contributed by atoms with Gasteiger partial charge in [-0.3, -0.25) is 0 Å². The number of ether oxygens (including phenoxy) is 1. The number of aryl methyl sites for hydroxylation is 1. The summed E-state index contributed by atoms with van der Waals surface area (Å²) >= 11 is 0. The Morgan fingerprint density at radius 3 is 2.25 bits per heavy atom. The van der Waals surface area contributed by atoms with Gasteiger partial charge in [0.05, 0.1) is 6.61 Å². The van der Waals surface area contributed by atoms with Gasteiger partial charge in [-0.05, 0) is 54.0 Å². The topological polar surface area (TPSA) is 9.23 Å². The Bertz CT molecular complexity index is 463. The maximum atomic E-state index is 5.99. The van der Waals surface area contributed by atoms with Crippen molar-refractivity contribution in [2.24, 2.45) is 0 Å². The number of hydrogen-bond donors (Lipinski definition) is 0. The molecule has 0 atom stereocenters. The van der Waals surface area contributed by atoms with Crippen LogP contribution in [-0.2, 0) is 11.8 Å². The van der Waals surface area contributed by atoms with Crippen molar-refractivity contribution in [3.8, 4) is 5.75 Å². The van der Waals surface area contributed by atoms with Crippen LogP contribution in [-0.4, -0.2) is 6.61 Å². The van der Waals surface area contributed by atoms with E-state index in [1.54, 1.807) is 0 Å². The van der Waals surface area contributed by atoms with Crippen LogP contribution in [0.3, 0.4) is 0 Å². The van der Waals surface area contributed by atoms with Crippen molar-refractivity contribution in [3.05, 3.63) is 35.4 Å². The van der Waals surface area contributed by atoms with Crippen LogP contribution in [0.1, 0.15) is 71.1 Å². The monoisotopic (exact) mass is 274 g/mol. The maximum absolute atomic E-state index is 5.99. The predicted molar refractivity (Wildman–Crippen MR) is 89.6 cm³/mol. The Kier molecular flexibility index (Phi) is 5.86. The predicted octanol–water partition coefficient (Wildman–Crippen LogP) is 5.76. The maximum Gasteiger partial charge on any atom is 0.126 e. The van der Waals surface area contributed by atoms with Crippen molar-refractivity contribution in [2.45, 2.75) is 66.2 Å². The third kappa shape index (κ3) is 3.88. The molecule has 1 rings (SSSR count). The van der Waals surface area contributed by atoms with Crippen molar-refractivity contribution in [2.75, 3.05) is 6.61 Å². The van der Waals surface area contributed by atoms with Crippen LogP contribution >= 0.6 is 0 Å². The molecular weight excluding hydrogens is 244 g/mol. The molecule has 0 bridgehead atoms. The number of benzene rings is 1. The molecule has 112 valence electrons.